The maximum absolute atomic E-state index is 12.8. The minimum Gasteiger partial charge on any atom is -0.349 e. The highest BCUT2D eigenvalue weighted by Gasteiger charge is 2.42. The highest BCUT2D eigenvalue weighted by Crippen LogP contribution is 2.30. The van der Waals surface area contributed by atoms with Crippen molar-refractivity contribution in [1.82, 2.24) is 20.0 Å². The number of urea groups is 1. The molecule has 1 saturated heterocycles. The number of nitrogens with one attached hydrogen (secondary N) is 1. The van der Waals surface area contributed by atoms with Crippen LogP contribution in [0.15, 0.2) is 18.2 Å². The van der Waals surface area contributed by atoms with E-state index in [1.165, 1.54) is 11.0 Å². The summed E-state index contributed by atoms with van der Waals surface area (Å²) in [5.41, 5.74) is 0.329. The molecule has 2 aliphatic heterocycles. The Kier molecular flexibility index (Phi) is 6.38. The Morgan fingerprint density at radius 3 is 2.16 bits per heavy atom. The number of carbonyl (C=O) groups excluding carboxylic acids is 4. The molecule has 0 bridgehead atoms. The number of amides is 5. The second-order valence-electron chi connectivity index (χ2n) is 9.07. The lowest BCUT2D eigenvalue weighted by Gasteiger charge is -2.35. The third kappa shape index (κ3) is 4.43. The molecule has 0 spiro atoms. The predicted octanol–water partition coefficient (Wildman–Crippen LogP) is 2.74. The van der Waals surface area contributed by atoms with Crippen molar-refractivity contribution in [2.24, 2.45) is 0 Å². The Balaban J connectivity index is 1.64. The van der Waals surface area contributed by atoms with Crippen LogP contribution in [0.5, 0.6) is 0 Å². The number of rotatable bonds is 4. The van der Waals surface area contributed by atoms with Crippen LogP contribution in [-0.2, 0) is 0 Å². The summed E-state index contributed by atoms with van der Waals surface area (Å²) in [4.78, 5) is 55.5. The number of benzene rings is 1. The van der Waals surface area contributed by atoms with Crippen molar-refractivity contribution in [1.29, 1.82) is 0 Å². The molecule has 1 aromatic rings. The van der Waals surface area contributed by atoms with Crippen LogP contribution >= 0.6 is 0 Å². The lowest BCUT2D eigenvalue weighted by Crippen LogP contribution is -2.50. The minimum atomic E-state index is -0.633. The molecule has 2 heterocycles. The van der Waals surface area contributed by atoms with Crippen LogP contribution in [0.25, 0.3) is 0 Å². The molecule has 1 aromatic carbocycles. The molecule has 3 rings (SSSR count). The predicted molar refractivity (Wildman–Crippen MR) is 117 cm³/mol. The van der Waals surface area contributed by atoms with E-state index in [1.807, 2.05) is 18.7 Å². The van der Waals surface area contributed by atoms with E-state index < -0.39 is 5.54 Å². The Morgan fingerprint density at radius 1 is 1.03 bits per heavy atom. The van der Waals surface area contributed by atoms with Gasteiger partial charge in [-0.1, -0.05) is 0 Å². The van der Waals surface area contributed by atoms with Gasteiger partial charge in [0.2, 0.25) is 0 Å². The van der Waals surface area contributed by atoms with Gasteiger partial charge in [0.1, 0.15) is 0 Å². The van der Waals surface area contributed by atoms with Crippen LogP contribution in [0.4, 0.5) is 4.79 Å². The van der Waals surface area contributed by atoms with Crippen molar-refractivity contribution in [3.63, 3.8) is 0 Å². The van der Waals surface area contributed by atoms with Gasteiger partial charge in [-0.2, -0.15) is 0 Å². The normalized spacial score (nSPS) is 17.1. The van der Waals surface area contributed by atoms with E-state index in [2.05, 4.69) is 5.32 Å². The zero-order valence-electron chi connectivity index (χ0n) is 19.0. The summed E-state index contributed by atoms with van der Waals surface area (Å²) in [6.07, 6.45) is 1.36. The van der Waals surface area contributed by atoms with Gasteiger partial charge in [0, 0.05) is 43.3 Å². The summed E-state index contributed by atoms with van der Waals surface area (Å²) in [6, 6.07) is 4.66. The lowest BCUT2D eigenvalue weighted by molar-refractivity contribution is 0.0507. The monoisotopic (exact) mass is 428 g/mol. The number of hydrogen-bond acceptors (Lipinski definition) is 4. The molecule has 0 aromatic heterocycles. The highest BCUT2D eigenvalue weighted by atomic mass is 16.2. The molecule has 0 radical (unpaired) electrons. The van der Waals surface area contributed by atoms with Gasteiger partial charge in [0.25, 0.3) is 17.7 Å². The summed E-state index contributed by atoms with van der Waals surface area (Å²) < 4.78 is 0. The van der Waals surface area contributed by atoms with Crippen molar-refractivity contribution < 1.29 is 19.2 Å². The number of hydrogen-bond donors (Lipinski definition) is 1. The minimum absolute atomic E-state index is 0.0371. The molecule has 5 amide bonds. The van der Waals surface area contributed by atoms with E-state index in [-0.39, 0.29) is 35.4 Å². The molecule has 0 saturated carbocycles. The fraction of sp³-hybridized carbons (Fsp3) is 0.565. The smallest absolute Gasteiger partial charge is 0.319 e. The van der Waals surface area contributed by atoms with Crippen molar-refractivity contribution in [2.75, 3.05) is 26.2 Å². The van der Waals surface area contributed by atoms with E-state index >= 15 is 0 Å². The fourth-order valence-corrected chi connectivity index (χ4v) is 4.17. The van der Waals surface area contributed by atoms with Gasteiger partial charge in [0.15, 0.2) is 0 Å². The van der Waals surface area contributed by atoms with Crippen LogP contribution in [0.1, 0.15) is 78.5 Å². The molecule has 31 heavy (non-hydrogen) atoms. The second-order valence-corrected chi connectivity index (χ2v) is 9.07. The summed E-state index contributed by atoms with van der Waals surface area (Å²) in [6.45, 7) is 11.9. The van der Waals surface area contributed by atoms with Crippen LogP contribution < -0.4 is 5.32 Å². The highest BCUT2D eigenvalue weighted by molar-refractivity contribution is 6.22. The van der Waals surface area contributed by atoms with E-state index in [1.54, 1.807) is 37.8 Å². The number of nitrogens with zero attached hydrogens (tertiary/aromatic N) is 3. The number of fused-ring (bicyclic) bond motifs is 1. The summed E-state index contributed by atoms with van der Waals surface area (Å²) >= 11 is 0. The van der Waals surface area contributed by atoms with E-state index in [0.717, 1.165) is 0 Å². The Labute approximate surface area is 183 Å². The molecule has 1 N–H and O–H groups in total. The van der Waals surface area contributed by atoms with Gasteiger partial charge in [0.05, 0.1) is 11.1 Å². The molecule has 0 aliphatic carbocycles. The molecule has 2 aliphatic rings. The standard InChI is InChI=1S/C23H32N4O4/c1-6-25(7-2)22(31)26-12-10-16(11-13-26)24-19(28)15-8-9-17-18(14-15)21(30)27(20(17)29)23(3,4)5/h8-9,14,16H,6-7,10-13H2,1-5H3,(H,24,28). The largest absolute Gasteiger partial charge is 0.349 e. The van der Waals surface area contributed by atoms with Gasteiger partial charge in [-0.15, -0.1) is 0 Å². The first-order valence-electron chi connectivity index (χ1n) is 11.0. The van der Waals surface area contributed by atoms with Crippen LogP contribution in [0.3, 0.4) is 0 Å². The summed E-state index contributed by atoms with van der Waals surface area (Å²) in [7, 11) is 0. The summed E-state index contributed by atoms with van der Waals surface area (Å²) in [5.74, 6) is -0.971. The van der Waals surface area contributed by atoms with Crippen molar-refractivity contribution in [2.45, 2.75) is 59.0 Å². The van der Waals surface area contributed by atoms with Crippen LogP contribution in [0, 0.1) is 0 Å². The quantitative estimate of drug-likeness (QED) is 0.747. The number of carbonyl (C=O) groups is 4. The Morgan fingerprint density at radius 2 is 1.61 bits per heavy atom. The Bertz CT molecular complexity index is 893. The van der Waals surface area contributed by atoms with Gasteiger partial charge >= 0.3 is 6.03 Å². The number of piperidine rings is 1. The fourth-order valence-electron chi connectivity index (χ4n) is 4.17. The zero-order valence-corrected chi connectivity index (χ0v) is 19.0. The molecule has 8 nitrogen and oxygen atoms in total. The maximum atomic E-state index is 12.8. The first-order valence-corrected chi connectivity index (χ1v) is 11.0. The third-order valence-corrected chi connectivity index (χ3v) is 5.95. The summed E-state index contributed by atoms with van der Waals surface area (Å²) in [5, 5.41) is 3.01. The number of imide groups is 1. The molecule has 168 valence electrons. The number of likely N-dealkylation sites (tertiary alicyclic amines) is 1. The molecule has 0 unspecified atom stereocenters. The average molecular weight is 429 g/mol. The van der Waals surface area contributed by atoms with Crippen molar-refractivity contribution >= 4 is 23.8 Å². The third-order valence-electron chi connectivity index (χ3n) is 5.95. The van der Waals surface area contributed by atoms with Gasteiger partial charge in [-0.25, -0.2) is 4.79 Å². The van der Waals surface area contributed by atoms with Crippen molar-refractivity contribution in [3.05, 3.63) is 34.9 Å². The van der Waals surface area contributed by atoms with Crippen LogP contribution in [0.2, 0.25) is 0 Å². The molecular formula is C23H32N4O4. The first kappa shape index (κ1) is 22.8. The SMILES string of the molecule is CCN(CC)C(=O)N1CCC(NC(=O)c2ccc3c(c2)C(=O)N(C(C)(C)C)C3=O)CC1. The molecule has 1 fully saturated rings. The zero-order chi connectivity index (χ0) is 22.9. The molecule has 8 heteroatoms. The van der Waals surface area contributed by atoms with E-state index in [9.17, 15) is 19.2 Å². The van der Waals surface area contributed by atoms with Gasteiger partial charge < -0.3 is 15.1 Å². The Hall–Kier alpha value is -2.90. The van der Waals surface area contributed by atoms with Gasteiger partial charge in [-0.3, -0.25) is 19.3 Å². The molecule has 0 atom stereocenters. The van der Waals surface area contributed by atoms with E-state index in [0.29, 0.717) is 50.1 Å². The van der Waals surface area contributed by atoms with Gasteiger partial charge in [-0.05, 0) is 65.7 Å². The van der Waals surface area contributed by atoms with Crippen molar-refractivity contribution in [3.8, 4) is 0 Å². The lowest BCUT2D eigenvalue weighted by atomic mass is 10.0. The first-order chi connectivity index (χ1) is 14.6. The molecular weight excluding hydrogens is 396 g/mol. The van der Waals surface area contributed by atoms with Crippen LogP contribution in [-0.4, -0.2) is 76.2 Å². The average Bonchev–Trinajstić information content (AvgIpc) is 2.99. The van der Waals surface area contributed by atoms with E-state index in [4.69, 9.17) is 0 Å². The second kappa shape index (κ2) is 8.69. The maximum Gasteiger partial charge on any atom is 0.319 e. The topological polar surface area (TPSA) is 90.0 Å².